The molecule has 7 heterocycles. The van der Waals surface area contributed by atoms with Crippen LogP contribution in [0.3, 0.4) is 0 Å². The zero-order valence-corrected chi connectivity index (χ0v) is 52.1. The lowest BCUT2D eigenvalue weighted by atomic mass is 9.78. The quantitative estimate of drug-likeness (QED) is 0.145. The Morgan fingerprint density at radius 3 is 1.37 bits per heavy atom. The summed E-state index contributed by atoms with van der Waals surface area (Å²) in [4.78, 5) is 52.8. The number of nitrogens with zero attached hydrogens (tertiary/aromatic N) is 10. The number of fused-ring (bicyclic) bond motifs is 4. The van der Waals surface area contributed by atoms with Crippen molar-refractivity contribution in [2.24, 2.45) is 0 Å². The molecule has 0 spiro atoms. The van der Waals surface area contributed by atoms with Crippen LogP contribution >= 0.6 is 15.9 Å². The third kappa shape index (κ3) is 12.2. The van der Waals surface area contributed by atoms with E-state index < -0.39 is 38.4 Å². The van der Waals surface area contributed by atoms with Gasteiger partial charge in [0.15, 0.2) is 0 Å². The number of carbonyl (C=O) groups excluding carboxylic acids is 2. The molecular weight excluding hydrogens is 1200 g/mol. The molecule has 0 radical (unpaired) electrons. The van der Waals surface area contributed by atoms with Gasteiger partial charge in [0.25, 0.3) is 11.8 Å². The summed E-state index contributed by atoms with van der Waals surface area (Å²) in [6.45, 7) is 15.1. The van der Waals surface area contributed by atoms with Crippen molar-refractivity contribution >= 4 is 94.1 Å². The summed E-state index contributed by atoms with van der Waals surface area (Å²) in [5, 5.41) is 1.17. The number of benzene rings is 6. The van der Waals surface area contributed by atoms with Gasteiger partial charge in [0.2, 0.25) is 31.9 Å². The number of nitrogen functional groups attached to an aromatic ring is 2. The fraction of sp³-hybridized carbons (Fsp3) is 0.323. The van der Waals surface area contributed by atoms with E-state index in [1.165, 1.54) is 4.31 Å². The number of rotatable bonds is 8. The first-order valence-electron chi connectivity index (χ1n) is 28.4. The highest BCUT2D eigenvalue weighted by molar-refractivity contribution is 9.10. The third-order valence-electron chi connectivity index (χ3n) is 16.8. The monoisotopic (exact) mass is 1260 g/mol. The topological polar surface area (TPSA) is 244 Å². The van der Waals surface area contributed by atoms with Crippen molar-refractivity contribution in [2.45, 2.75) is 74.9 Å². The van der Waals surface area contributed by atoms with Gasteiger partial charge in [-0.25, -0.2) is 36.8 Å². The van der Waals surface area contributed by atoms with Gasteiger partial charge in [0, 0.05) is 99.3 Å². The fourth-order valence-corrected chi connectivity index (χ4v) is 15.1. The first-order valence-corrected chi connectivity index (χ1v) is 32.1. The molecule has 0 unspecified atom stereocenters. The molecule has 6 aromatic carbocycles. The maximum Gasteiger partial charge on any atom is 0.494 e. The zero-order valence-electron chi connectivity index (χ0n) is 48.9. The van der Waals surface area contributed by atoms with Crippen LogP contribution in [0.2, 0.25) is 0 Å². The molecule has 2 amide bonds. The van der Waals surface area contributed by atoms with Crippen LogP contribution in [0.4, 0.5) is 11.9 Å². The number of aromatic nitrogens is 4. The van der Waals surface area contributed by atoms with Gasteiger partial charge in [-0.2, -0.15) is 8.61 Å². The maximum atomic E-state index is 13.7. The Bertz CT molecular complexity index is 4100. The number of nitrogens with two attached hydrogens (primary N) is 2. The number of anilines is 2. The Morgan fingerprint density at radius 2 is 0.907 bits per heavy atom. The van der Waals surface area contributed by atoms with Crippen LogP contribution in [0.1, 0.15) is 70.9 Å². The second kappa shape index (κ2) is 24.1. The van der Waals surface area contributed by atoms with E-state index in [9.17, 15) is 26.4 Å². The summed E-state index contributed by atoms with van der Waals surface area (Å²) in [6.07, 6.45) is 0. The van der Waals surface area contributed by atoms with E-state index in [-0.39, 0.29) is 34.3 Å². The predicted molar refractivity (Wildman–Crippen MR) is 336 cm³/mol. The van der Waals surface area contributed by atoms with E-state index >= 15 is 0 Å². The number of hydrogen-bond donors (Lipinski definition) is 2. The van der Waals surface area contributed by atoms with Gasteiger partial charge in [0.1, 0.15) is 11.4 Å². The molecule has 8 aromatic rings. The van der Waals surface area contributed by atoms with Crippen LogP contribution in [-0.4, -0.2) is 162 Å². The average Bonchev–Trinajstić information content (AvgIpc) is 1.49. The minimum absolute atomic E-state index is 0.0170. The molecule has 0 atom stereocenters. The lowest BCUT2D eigenvalue weighted by Crippen LogP contribution is -2.47. The van der Waals surface area contributed by atoms with Crippen molar-refractivity contribution in [1.82, 2.24) is 48.1 Å². The number of hydrogen-bond acceptors (Lipinski definition) is 16. The molecule has 3 fully saturated rings. The van der Waals surface area contributed by atoms with Crippen molar-refractivity contribution in [2.75, 3.05) is 77.9 Å². The van der Waals surface area contributed by atoms with Gasteiger partial charge in [-0.15, -0.1) is 0 Å². The van der Waals surface area contributed by atoms with Gasteiger partial charge in [-0.3, -0.25) is 9.59 Å². The molecular formula is C62H68BBrN12O8S2. The van der Waals surface area contributed by atoms with Crippen LogP contribution in [0.15, 0.2) is 148 Å². The molecule has 4 N–H and O–H groups in total. The standard InChI is InChI=1S/C28H28N6O3S.C23H25BN4O3.C11H15BrN2O2S/c1-32-12-14-34(15-13-32)38(36,37)25-9-5-4-8-22(25)19-10-11-24-23(16-19)26(31-28(29)30-24)27(35)33-17-20-6-2-3-7-21(20)18-33;1-22(2)23(3,4)31-24(30-22)16-9-10-18-17(11-16)19(27-21(25)26-18)20(29)28-12-14-7-5-6-8-15(14)13-28;1-13-6-8-14(9-7-13)17(15,16)11-5-3-2-4-10(11)12/h2-11,16H,12-15,17-18H2,1H3,(H2,29,30,31);5-11H,12-13H2,1-4H3,(H2,25,26,27);2-5H,6-9H2,1H3. The van der Waals surface area contributed by atoms with E-state index in [1.807, 2.05) is 127 Å². The van der Waals surface area contributed by atoms with Crippen molar-refractivity contribution in [1.29, 1.82) is 0 Å². The first-order chi connectivity index (χ1) is 41.0. The van der Waals surface area contributed by atoms with Crippen LogP contribution in [0.5, 0.6) is 0 Å². The average molecular weight is 1260 g/mol. The molecule has 86 heavy (non-hydrogen) atoms. The van der Waals surface area contributed by atoms with Gasteiger partial charge in [-0.05, 0) is 127 Å². The van der Waals surface area contributed by atoms with Crippen LogP contribution in [-0.2, 0) is 55.5 Å². The van der Waals surface area contributed by atoms with E-state index in [0.29, 0.717) is 113 Å². The molecule has 5 aliphatic heterocycles. The predicted octanol–water partition coefficient (Wildman–Crippen LogP) is 7.02. The molecule has 0 aliphatic carbocycles. The lowest BCUT2D eigenvalue weighted by molar-refractivity contribution is 0.00578. The van der Waals surface area contributed by atoms with E-state index in [0.717, 1.165) is 40.8 Å². The number of likely N-dealkylation sites (N-methyl/N-ethyl adjacent to an activating group) is 2. The molecule has 5 aliphatic rings. The Labute approximate surface area is 510 Å². The summed E-state index contributed by atoms with van der Waals surface area (Å²) in [5.74, 6) is -0.309. The summed E-state index contributed by atoms with van der Waals surface area (Å²) < 4.78 is 68.2. The SMILES string of the molecule is CC1(C)OB(c2ccc3nc(N)nc(C(=O)N4Cc5ccccc5C4)c3c2)OC1(C)C.CN1CCN(S(=O)(=O)c2ccccc2-c2ccc3nc(N)nc(C(=O)N4Cc5ccccc5C4)c3c2)CC1.CN1CCN(S(=O)(=O)c2ccccc2Br)CC1. The van der Waals surface area contributed by atoms with Crippen molar-refractivity contribution < 1.29 is 35.7 Å². The fourth-order valence-electron chi connectivity index (χ4n) is 11.1. The lowest BCUT2D eigenvalue weighted by Gasteiger charge is -2.32. The number of halogens is 1. The molecule has 13 rings (SSSR count). The second-order valence-electron chi connectivity index (χ2n) is 23.2. The third-order valence-corrected chi connectivity index (χ3v) is 21.7. The molecule has 20 nitrogen and oxygen atoms in total. The number of amides is 2. The van der Waals surface area contributed by atoms with Gasteiger partial charge in [0.05, 0.1) is 32.0 Å². The molecule has 2 aromatic heterocycles. The maximum absolute atomic E-state index is 13.7. The summed E-state index contributed by atoms with van der Waals surface area (Å²) in [5.41, 5.74) is 19.2. The normalized spacial score (nSPS) is 18.1. The molecule has 0 bridgehead atoms. The first kappa shape index (κ1) is 60.4. The Balaban J connectivity index is 0.000000143. The minimum atomic E-state index is -3.71. The number of piperazine rings is 2. The Morgan fingerprint density at radius 1 is 0.512 bits per heavy atom. The molecule has 24 heteroatoms. The second-order valence-corrected chi connectivity index (χ2v) is 27.8. The van der Waals surface area contributed by atoms with Gasteiger partial charge < -0.3 is 40.4 Å². The van der Waals surface area contributed by atoms with E-state index in [1.54, 1.807) is 62.6 Å². The van der Waals surface area contributed by atoms with E-state index in [4.69, 9.17) is 20.8 Å². The largest absolute Gasteiger partial charge is 0.494 e. The molecule has 446 valence electrons. The zero-order chi connectivity index (χ0) is 60.9. The number of sulfonamides is 2. The summed E-state index contributed by atoms with van der Waals surface area (Å²) >= 11 is 3.29. The number of carbonyl (C=O) groups is 2. The van der Waals surface area contributed by atoms with Crippen LogP contribution in [0, 0.1) is 0 Å². The molecule has 0 saturated carbocycles. The van der Waals surface area contributed by atoms with Crippen molar-refractivity contribution in [3.8, 4) is 11.1 Å². The van der Waals surface area contributed by atoms with Crippen molar-refractivity contribution in [3.05, 3.63) is 172 Å². The van der Waals surface area contributed by atoms with E-state index in [2.05, 4.69) is 45.7 Å². The highest BCUT2D eigenvalue weighted by Crippen LogP contribution is 2.38. The Kier molecular flexibility index (Phi) is 17.0. The van der Waals surface area contributed by atoms with Crippen LogP contribution < -0.4 is 16.9 Å². The van der Waals surface area contributed by atoms with Gasteiger partial charge >= 0.3 is 7.12 Å². The smallest absolute Gasteiger partial charge is 0.399 e. The van der Waals surface area contributed by atoms with Crippen LogP contribution in [0.25, 0.3) is 32.9 Å². The highest BCUT2D eigenvalue weighted by Gasteiger charge is 2.52. The summed E-state index contributed by atoms with van der Waals surface area (Å²) in [7, 11) is -3.62. The summed E-state index contributed by atoms with van der Waals surface area (Å²) in [6, 6.07) is 40.9. The molecule has 3 saturated heterocycles. The van der Waals surface area contributed by atoms with Crippen molar-refractivity contribution in [3.63, 3.8) is 0 Å². The van der Waals surface area contributed by atoms with Gasteiger partial charge in [-0.1, -0.05) is 97.1 Å². The minimum Gasteiger partial charge on any atom is -0.399 e. The highest BCUT2D eigenvalue weighted by atomic mass is 79.9. The Hall–Kier alpha value is -7.26.